The lowest BCUT2D eigenvalue weighted by Crippen LogP contribution is -2.39. The molecule has 5 nitrogen and oxygen atoms in total. The molecule has 0 spiro atoms. The number of aliphatic hydroxyl groups excluding tert-OH is 2. The number of ether oxygens (including phenoxy) is 1. The molecule has 2 N–H and O–H groups in total. The first-order chi connectivity index (χ1) is 7.81. The lowest BCUT2D eigenvalue weighted by Gasteiger charge is -2.27. The van der Waals surface area contributed by atoms with Crippen LogP contribution in [0.1, 0.15) is 33.6 Å². The van der Waals surface area contributed by atoms with E-state index >= 15 is 0 Å². The summed E-state index contributed by atoms with van der Waals surface area (Å²) in [6.07, 6.45) is 0.260. The van der Waals surface area contributed by atoms with Crippen molar-refractivity contribution in [3.05, 3.63) is 0 Å². The highest BCUT2D eigenvalue weighted by Crippen LogP contribution is 2.19. The van der Waals surface area contributed by atoms with Gasteiger partial charge in [-0.05, 0) is 33.6 Å². The van der Waals surface area contributed by atoms with E-state index in [-0.39, 0.29) is 18.6 Å². The van der Waals surface area contributed by atoms with Crippen molar-refractivity contribution in [1.82, 2.24) is 4.90 Å². The molecule has 0 aliphatic carbocycles. The number of carbonyl (C=O) groups excluding carboxylic acids is 1. The lowest BCUT2D eigenvalue weighted by atomic mass is 10.0. The maximum Gasteiger partial charge on any atom is 0.410 e. The van der Waals surface area contributed by atoms with Crippen molar-refractivity contribution in [2.45, 2.75) is 45.3 Å². The first-order valence-corrected chi connectivity index (χ1v) is 6.08. The number of rotatable bonds is 1. The Morgan fingerprint density at radius 2 is 2.12 bits per heavy atom. The molecule has 0 aromatic carbocycles. The van der Waals surface area contributed by atoms with E-state index < -0.39 is 11.7 Å². The highest BCUT2D eigenvalue weighted by Gasteiger charge is 2.28. The van der Waals surface area contributed by atoms with Crippen molar-refractivity contribution in [3.63, 3.8) is 0 Å². The first kappa shape index (κ1) is 14.3. The van der Waals surface area contributed by atoms with Crippen LogP contribution in [0.5, 0.6) is 0 Å². The third-order valence-corrected chi connectivity index (χ3v) is 2.73. The van der Waals surface area contributed by atoms with Crippen molar-refractivity contribution >= 4 is 6.09 Å². The summed E-state index contributed by atoms with van der Waals surface area (Å²) in [5.74, 6) is -0.0694. The zero-order valence-electron chi connectivity index (χ0n) is 10.8. The normalized spacial score (nSPS) is 26.5. The third-order valence-electron chi connectivity index (χ3n) is 2.73. The van der Waals surface area contributed by atoms with E-state index in [2.05, 4.69) is 0 Å². The predicted molar refractivity (Wildman–Crippen MR) is 63.6 cm³/mol. The van der Waals surface area contributed by atoms with Gasteiger partial charge in [-0.15, -0.1) is 0 Å². The van der Waals surface area contributed by atoms with E-state index in [1.165, 1.54) is 0 Å². The molecule has 0 aromatic heterocycles. The van der Waals surface area contributed by atoms with Crippen LogP contribution in [-0.2, 0) is 4.74 Å². The monoisotopic (exact) mass is 245 g/mol. The average Bonchev–Trinajstić information content (AvgIpc) is 2.37. The number of likely N-dealkylation sites (tertiary alicyclic amines) is 1. The molecule has 0 unspecified atom stereocenters. The quantitative estimate of drug-likeness (QED) is 0.722. The Bertz CT molecular complexity index is 262. The van der Waals surface area contributed by atoms with E-state index in [1.807, 2.05) is 20.8 Å². The second-order valence-corrected chi connectivity index (χ2v) is 5.65. The number of amides is 1. The largest absolute Gasteiger partial charge is 0.444 e. The van der Waals surface area contributed by atoms with E-state index in [0.717, 1.165) is 0 Å². The molecule has 5 heteroatoms. The highest BCUT2D eigenvalue weighted by atomic mass is 16.6. The maximum absolute atomic E-state index is 11.9. The topological polar surface area (TPSA) is 70.0 Å². The fraction of sp³-hybridized carbons (Fsp3) is 0.917. The van der Waals surface area contributed by atoms with Gasteiger partial charge in [-0.2, -0.15) is 0 Å². The molecule has 17 heavy (non-hydrogen) atoms. The predicted octanol–water partition coefficient (Wildman–Crippen LogP) is 0.987. The van der Waals surface area contributed by atoms with Crippen molar-refractivity contribution < 1.29 is 19.7 Å². The van der Waals surface area contributed by atoms with Gasteiger partial charge in [-0.1, -0.05) is 0 Å². The Morgan fingerprint density at radius 1 is 1.47 bits per heavy atom. The average molecular weight is 245 g/mol. The second kappa shape index (κ2) is 5.69. The number of nitrogens with zero attached hydrogens (tertiary/aromatic N) is 1. The van der Waals surface area contributed by atoms with Crippen molar-refractivity contribution in [3.8, 4) is 0 Å². The molecule has 0 saturated carbocycles. The smallest absolute Gasteiger partial charge is 0.410 e. The van der Waals surface area contributed by atoms with Gasteiger partial charge in [0.1, 0.15) is 5.60 Å². The number of carbonyl (C=O) groups is 1. The summed E-state index contributed by atoms with van der Waals surface area (Å²) in [6.45, 7) is 6.37. The van der Waals surface area contributed by atoms with E-state index in [4.69, 9.17) is 4.74 Å². The van der Waals surface area contributed by atoms with E-state index in [0.29, 0.717) is 25.9 Å². The van der Waals surface area contributed by atoms with Crippen molar-refractivity contribution in [2.75, 3.05) is 19.7 Å². The van der Waals surface area contributed by atoms with Crippen LogP contribution in [0.4, 0.5) is 4.79 Å². The molecular formula is C12H23NO4. The Morgan fingerprint density at radius 3 is 2.65 bits per heavy atom. The van der Waals surface area contributed by atoms with Crippen LogP contribution >= 0.6 is 0 Å². The molecule has 1 fully saturated rings. The van der Waals surface area contributed by atoms with Crippen LogP contribution in [0.2, 0.25) is 0 Å². The van der Waals surface area contributed by atoms with Gasteiger partial charge in [0.05, 0.1) is 6.10 Å². The Labute approximate surface area is 102 Å². The van der Waals surface area contributed by atoms with Gasteiger partial charge in [0.25, 0.3) is 0 Å². The van der Waals surface area contributed by atoms with Crippen molar-refractivity contribution in [1.29, 1.82) is 0 Å². The summed E-state index contributed by atoms with van der Waals surface area (Å²) in [6, 6.07) is 0. The number of hydrogen-bond donors (Lipinski definition) is 2. The van der Waals surface area contributed by atoms with Gasteiger partial charge in [-0.3, -0.25) is 0 Å². The molecule has 1 saturated heterocycles. The van der Waals surface area contributed by atoms with Crippen LogP contribution < -0.4 is 0 Å². The summed E-state index contributed by atoms with van der Waals surface area (Å²) in [7, 11) is 0. The summed E-state index contributed by atoms with van der Waals surface area (Å²) < 4.78 is 5.28. The molecule has 1 amide bonds. The van der Waals surface area contributed by atoms with Gasteiger partial charge >= 0.3 is 6.09 Å². The molecule has 0 radical (unpaired) electrons. The van der Waals surface area contributed by atoms with E-state index in [9.17, 15) is 15.0 Å². The Kier molecular flexibility index (Phi) is 4.77. The number of aliphatic hydroxyl groups is 2. The van der Waals surface area contributed by atoms with Crippen LogP contribution in [-0.4, -0.2) is 52.6 Å². The minimum absolute atomic E-state index is 0.0175. The fourth-order valence-corrected chi connectivity index (χ4v) is 1.91. The van der Waals surface area contributed by atoms with Gasteiger partial charge < -0.3 is 19.8 Å². The van der Waals surface area contributed by atoms with E-state index in [1.54, 1.807) is 4.90 Å². The summed E-state index contributed by atoms with van der Waals surface area (Å²) in [5, 5.41) is 18.8. The first-order valence-electron chi connectivity index (χ1n) is 6.08. The summed E-state index contributed by atoms with van der Waals surface area (Å²) in [5.41, 5.74) is -0.517. The van der Waals surface area contributed by atoms with Gasteiger partial charge in [-0.25, -0.2) is 4.79 Å². The number of hydrogen-bond acceptors (Lipinski definition) is 4. The molecular weight excluding hydrogens is 222 g/mol. The second-order valence-electron chi connectivity index (χ2n) is 5.65. The lowest BCUT2D eigenvalue weighted by molar-refractivity contribution is 0.0218. The van der Waals surface area contributed by atoms with Crippen LogP contribution in [0.3, 0.4) is 0 Å². The summed E-state index contributed by atoms with van der Waals surface area (Å²) >= 11 is 0. The maximum atomic E-state index is 11.9. The molecule has 0 bridgehead atoms. The van der Waals surface area contributed by atoms with Gasteiger partial charge in [0.2, 0.25) is 0 Å². The van der Waals surface area contributed by atoms with Crippen LogP contribution in [0.25, 0.3) is 0 Å². The van der Waals surface area contributed by atoms with Crippen molar-refractivity contribution in [2.24, 2.45) is 5.92 Å². The SMILES string of the molecule is CC(C)(C)OC(=O)N1CC[C@@H](O)C[C@H](CO)C1. The third kappa shape index (κ3) is 4.91. The molecule has 1 aliphatic rings. The zero-order chi connectivity index (χ0) is 13.1. The molecule has 100 valence electrons. The Balaban J connectivity index is 2.60. The highest BCUT2D eigenvalue weighted by molar-refractivity contribution is 5.68. The summed E-state index contributed by atoms with van der Waals surface area (Å²) in [4.78, 5) is 13.4. The molecule has 1 rings (SSSR count). The van der Waals surface area contributed by atoms with Gasteiger partial charge in [0.15, 0.2) is 0 Å². The molecule has 1 aliphatic heterocycles. The Hall–Kier alpha value is -0.810. The molecule has 0 aromatic rings. The molecule has 2 atom stereocenters. The standard InChI is InChI=1S/C12H23NO4/c1-12(2,3)17-11(16)13-5-4-10(15)6-9(7-13)8-14/h9-10,14-15H,4-8H2,1-3H3/t9-,10+/m0/s1. The minimum Gasteiger partial charge on any atom is -0.444 e. The molecule has 1 heterocycles. The minimum atomic E-state index is -0.517. The zero-order valence-corrected chi connectivity index (χ0v) is 10.8. The van der Waals surface area contributed by atoms with Crippen LogP contribution in [0, 0.1) is 5.92 Å². The fourth-order valence-electron chi connectivity index (χ4n) is 1.91. The van der Waals surface area contributed by atoms with Crippen LogP contribution in [0.15, 0.2) is 0 Å². The van der Waals surface area contributed by atoms with Gasteiger partial charge in [0, 0.05) is 25.6 Å².